The Morgan fingerprint density at radius 1 is 1.12 bits per heavy atom. The van der Waals surface area contributed by atoms with Crippen molar-refractivity contribution in [3.63, 3.8) is 0 Å². The minimum atomic E-state index is -1.09. The summed E-state index contributed by atoms with van der Waals surface area (Å²) in [5, 5.41) is 0.653. The first-order valence-electron chi connectivity index (χ1n) is 9.23. The highest BCUT2D eigenvalue weighted by atomic mass is 35.5. The van der Waals surface area contributed by atoms with Gasteiger partial charge >= 0.3 is 5.97 Å². The Labute approximate surface area is 164 Å². The number of carbonyl (C=O) groups is 1. The predicted molar refractivity (Wildman–Crippen MR) is 95.9 cm³/mol. The molecular formula is C18H26Cl2O6. The van der Waals surface area contributed by atoms with Gasteiger partial charge in [-0.05, 0) is 38.5 Å². The van der Waals surface area contributed by atoms with Gasteiger partial charge in [-0.2, -0.15) is 0 Å². The van der Waals surface area contributed by atoms with Crippen LogP contribution >= 0.6 is 23.2 Å². The van der Waals surface area contributed by atoms with Crippen LogP contribution in [0.25, 0.3) is 0 Å². The van der Waals surface area contributed by atoms with Crippen molar-refractivity contribution in [2.75, 3.05) is 20.3 Å². The zero-order valence-corrected chi connectivity index (χ0v) is 16.5. The zero-order valence-electron chi connectivity index (χ0n) is 15.0. The summed E-state index contributed by atoms with van der Waals surface area (Å²) in [5.41, 5.74) is -1.09. The molecule has 2 aliphatic heterocycles. The molecule has 0 amide bonds. The topological polar surface area (TPSA) is 63.2 Å². The van der Waals surface area contributed by atoms with E-state index in [-0.39, 0.29) is 12.7 Å². The molecule has 0 bridgehead atoms. The number of hydrogen-bond donors (Lipinski definition) is 0. The maximum absolute atomic E-state index is 12.0. The van der Waals surface area contributed by atoms with Gasteiger partial charge in [-0.3, -0.25) is 4.79 Å². The molecule has 0 aromatic rings. The molecule has 0 aromatic carbocycles. The molecule has 2 saturated heterocycles. The van der Waals surface area contributed by atoms with Gasteiger partial charge in [-0.25, -0.2) is 0 Å². The van der Waals surface area contributed by atoms with Gasteiger partial charge in [0, 0.05) is 19.6 Å². The number of esters is 1. The molecule has 3 rings (SSSR count). The maximum atomic E-state index is 12.0. The fourth-order valence-corrected chi connectivity index (χ4v) is 4.21. The molecule has 3 aliphatic rings. The second-order valence-electron chi connectivity index (χ2n) is 6.95. The largest absolute Gasteiger partial charge is 0.469 e. The molecule has 0 radical (unpaired) electrons. The van der Waals surface area contributed by atoms with Crippen molar-refractivity contribution in [2.45, 2.75) is 75.7 Å². The zero-order chi connectivity index (χ0) is 18.6. The molecule has 0 spiro atoms. The normalized spacial score (nSPS) is 35.6. The molecule has 148 valence electrons. The summed E-state index contributed by atoms with van der Waals surface area (Å²) in [7, 11) is 1.34. The third-order valence-corrected chi connectivity index (χ3v) is 6.09. The quantitative estimate of drug-likeness (QED) is 0.622. The summed E-state index contributed by atoms with van der Waals surface area (Å²) < 4.78 is 28.4. The third-order valence-electron chi connectivity index (χ3n) is 5.01. The molecule has 4 atom stereocenters. The van der Waals surface area contributed by atoms with E-state index in [1.165, 1.54) is 7.11 Å². The number of ether oxygens (including phenoxy) is 5. The number of carbonyl (C=O) groups excluding carboxylic acids is 1. The highest BCUT2D eigenvalue weighted by molar-refractivity contribution is 6.41. The molecule has 6 nitrogen and oxygen atoms in total. The smallest absolute Gasteiger partial charge is 0.308 e. The van der Waals surface area contributed by atoms with E-state index in [2.05, 4.69) is 0 Å². The van der Waals surface area contributed by atoms with Crippen LogP contribution in [0.1, 0.15) is 51.4 Å². The Hall–Kier alpha value is -0.370. The van der Waals surface area contributed by atoms with Crippen molar-refractivity contribution >= 4 is 29.2 Å². The minimum Gasteiger partial charge on any atom is -0.469 e. The predicted octanol–water partition coefficient (Wildman–Crippen LogP) is 3.84. The molecule has 2 heterocycles. The van der Waals surface area contributed by atoms with Gasteiger partial charge in [0.25, 0.3) is 0 Å². The van der Waals surface area contributed by atoms with Gasteiger partial charge < -0.3 is 23.7 Å². The average Bonchev–Trinajstić information content (AvgIpc) is 2.88. The van der Waals surface area contributed by atoms with Crippen LogP contribution in [-0.4, -0.2) is 50.6 Å². The Morgan fingerprint density at radius 3 is 2.35 bits per heavy atom. The molecule has 4 unspecified atom stereocenters. The van der Waals surface area contributed by atoms with Crippen LogP contribution in [0.15, 0.2) is 10.1 Å². The standard InChI is InChI=1S/C18H26Cl2O6/c1-22-13(21)11-18(26-15-7-3-5-9-24-15)10-12(16(19)17(18)20)25-14-6-2-4-8-23-14/h12,14-15H,2-11H2,1H3. The van der Waals surface area contributed by atoms with Crippen LogP contribution in [-0.2, 0) is 28.5 Å². The van der Waals surface area contributed by atoms with Crippen molar-refractivity contribution in [3.05, 3.63) is 10.1 Å². The summed E-state index contributed by atoms with van der Waals surface area (Å²) in [6, 6.07) is 0. The fourth-order valence-electron chi connectivity index (χ4n) is 3.60. The first-order valence-corrected chi connectivity index (χ1v) is 9.98. The first kappa shape index (κ1) is 20.4. The Bertz CT molecular complexity index is 528. The molecular weight excluding hydrogens is 383 g/mol. The van der Waals surface area contributed by atoms with Crippen LogP contribution in [0, 0.1) is 0 Å². The maximum Gasteiger partial charge on any atom is 0.308 e. The van der Waals surface area contributed by atoms with Gasteiger partial charge in [0.1, 0.15) is 11.7 Å². The van der Waals surface area contributed by atoms with Gasteiger partial charge in [-0.1, -0.05) is 23.2 Å². The van der Waals surface area contributed by atoms with Crippen LogP contribution in [0.2, 0.25) is 0 Å². The molecule has 0 aromatic heterocycles. The third kappa shape index (κ3) is 4.72. The number of rotatable bonds is 6. The molecule has 8 heteroatoms. The second-order valence-corrected chi connectivity index (χ2v) is 7.73. The van der Waals surface area contributed by atoms with E-state index in [9.17, 15) is 4.79 Å². The lowest BCUT2D eigenvalue weighted by atomic mass is 9.97. The van der Waals surface area contributed by atoms with Crippen LogP contribution < -0.4 is 0 Å². The Morgan fingerprint density at radius 2 is 1.77 bits per heavy atom. The van der Waals surface area contributed by atoms with E-state index in [0.717, 1.165) is 38.5 Å². The van der Waals surface area contributed by atoms with E-state index in [1.807, 2.05) is 0 Å². The Balaban J connectivity index is 1.75. The first-order chi connectivity index (χ1) is 12.5. The van der Waals surface area contributed by atoms with Crippen LogP contribution in [0.4, 0.5) is 0 Å². The second kappa shape index (κ2) is 9.22. The minimum absolute atomic E-state index is 0.0379. The Kier molecular flexibility index (Phi) is 7.22. The number of methoxy groups -OCH3 is 1. The van der Waals surface area contributed by atoms with E-state index in [1.54, 1.807) is 0 Å². The van der Waals surface area contributed by atoms with Gasteiger partial charge in [0.2, 0.25) is 0 Å². The van der Waals surface area contributed by atoms with Crippen molar-refractivity contribution < 1.29 is 28.5 Å². The summed E-state index contributed by atoms with van der Waals surface area (Å²) in [4.78, 5) is 12.0. The van der Waals surface area contributed by atoms with Gasteiger partial charge in [0.05, 0.1) is 23.6 Å². The fraction of sp³-hybridized carbons (Fsp3) is 0.833. The molecule has 0 N–H and O–H groups in total. The van der Waals surface area contributed by atoms with Gasteiger partial charge in [0.15, 0.2) is 12.6 Å². The summed E-state index contributed by atoms with van der Waals surface area (Å²) in [6.07, 6.45) is 4.74. The molecule has 2 fully saturated rings. The highest BCUT2D eigenvalue weighted by Crippen LogP contribution is 2.48. The van der Waals surface area contributed by atoms with Crippen molar-refractivity contribution in [2.24, 2.45) is 0 Å². The van der Waals surface area contributed by atoms with Gasteiger partial charge in [-0.15, -0.1) is 0 Å². The number of hydrogen-bond acceptors (Lipinski definition) is 6. The average molecular weight is 409 g/mol. The van der Waals surface area contributed by atoms with E-state index in [0.29, 0.717) is 29.7 Å². The molecule has 0 saturated carbocycles. The van der Waals surface area contributed by atoms with Crippen LogP contribution in [0.3, 0.4) is 0 Å². The van der Waals surface area contributed by atoms with Crippen molar-refractivity contribution in [1.82, 2.24) is 0 Å². The number of halogens is 2. The van der Waals surface area contributed by atoms with E-state index >= 15 is 0 Å². The van der Waals surface area contributed by atoms with Crippen molar-refractivity contribution in [1.29, 1.82) is 0 Å². The summed E-state index contributed by atoms with van der Waals surface area (Å²) >= 11 is 13.0. The van der Waals surface area contributed by atoms with E-state index < -0.39 is 24.0 Å². The monoisotopic (exact) mass is 408 g/mol. The highest BCUT2D eigenvalue weighted by Gasteiger charge is 2.50. The van der Waals surface area contributed by atoms with Crippen molar-refractivity contribution in [3.8, 4) is 0 Å². The summed E-state index contributed by atoms with van der Waals surface area (Å²) in [5.74, 6) is -0.419. The van der Waals surface area contributed by atoms with Crippen LogP contribution in [0.5, 0.6) is 0 Å². The lowest BCUT2D eigenvalue weighted by Crippen LogP contribution is -2.41. The lowest BCUT2D eigenvalue weighted by Gasteiger charge is -2.35. The van der Waals surface area contributed by atoms with E-state index in [4.69, 9.17) is 46.9 Å². The lowest BCUT2D eigenvalue weighted by molar-refractivity contribution is -0.226. The SMILES string of the molecule is COC(=O)CC1(OC2CCCCO2)CC(OC2CCCCO2)C(Cl)=C1Cl. The molecule has 26 heavy (non-hydrogen) atoms. The summed E-state index contributed by atoms with van der Waals surface area (Å²) in [6.45, 7) is 1.30. The molecule has 1 aliphatic carbocycles.